The summed E-state index contributed by atoms with van der Waals surface area (Å²) >= 11 is 2.12. The lowest BCUT2D eigenvalue weighted by molar-refractivity contribution is 0.600. The Balaban J connectivity index is 2.22. The highest BCUT2D eigenvalue weighted by Gasteiger charge is 2.35. The topological polar surface area (TPSA) is 46.2 Å². The molecule has 1 fully saturated rings. The molecule has 76 valence electrons. The van der Waals surface area contributed by atoms with Crippen molar-refractivity contribution in [1.29, 1.82) is 0 Å². The van der Waals surface area contributed by atoms with Crippen LogP contribution in [0.15, 0.2) is 24.3 Å². The number of para-hydroxylation sites is 1. The number of rotatable bonds is 3. The van der Waals surface area contributed by atoms with Crippen LogP contribution >= 0.6 is 22.6 Å². The molecule has 1 aliphatic rings. The smallest absolute Gasteiger partial charge is 0.235 e. The Hall–Kier alpha value is -0.300. The van der Waals surface area contributed by atoms with E-state index in [-0.39, 0.29) is 5.25 Å². The fourth-order valence-corrected chi connectivity index (χ4v) is 3.27. The van der Waals surface area contributed by atoms with Crippen LogP contribution in [-0.4, -0.2) is 13.7 Å². The normalized spacial score (nSPS) is 16.6. The molecule has 0 bridgehead atoms. The summed E-state index contributed by atoms with van der Waals surface area (Å²) in [5.74, 6) is 0. The molecule has 0 unspecified atom stereocenters. The summed E-state index contributed by atoms with van der Waals surface area (Å²) in [5.41, 5.74) is 0.681. The van der Waals surface area contributed by atoms with E-state index >= 15 is 0 Å². The number of anilines is 1. The van der Waals surface area contributed by atoms with Crippen molar-refractivity contribution < 1.29 is 8.42 Å². The van der Waals surface area contributed by atoms with Crippen LogP contribution in [-0.2, 0) is 10.0 Å². The predicted octanol–water partition coefficient (Wildman–Crippen LogP) is 2.20. The minimum atomic E-state index is -3.12. The lowest BCUT2D eigenvalue weighted by atomic mass is 10.3. The maximum absolute atomic E-state index is 11.6. The summed E-state index contributed by atoms with van der Waals surface area (Å²) in [7, 11) is -3.12. The van der Waals surface area contributed by atoms with E-state index in [1.165, 1.54) is 0 Å². The van der Waals surface area contributed by atoms with Gasteiger partial charge >= 0.3 is 0 Å². The zero-order chi connectivity index (χ0) is 10.2. The Kier molecular flexibility index (Phi) is 2.70. The molecule has 0 spiro atoms. The van der Waals surface area contributed by atoms with Crippen molar-refractivity contribution in [3.63, 3.8) is 0 Å². The fourth-order valence-electron chi connectivity index (χ4n) is 1.16. The van der Waals surface area contributed by atoms with E-state index in [9.17, 15) is 8.42 Å². The lowest BCUT2D eigenvalue weighted by Crippen LogP contribution is -2.17. The predicted molar refractivity (Wildman–Crippen MR) is 64.7 cm³/mol. The van der Waals surface area contributed by atoms with Crippen LogP contribution in [0.5, 0.6) is 0 Å². The van der Waals surface area contributed by atoms with E-state index < -0.39 is 10.0 Å². The molecule has 2 rings (SSSR count). The zero-order valence-electron chi connectivity index (χ0n) is 7.40. The summed E-state index contributed by atoms with van der Waals surface area (Å²) in [5, 5.41) is -0.168. The Morgan fingerprint density at radius 3 is 2.50 bits per heavy atom. The molecule has 0 heterocycles. The Morgan fingerprint density at radius 1 is 1.29 bits per heavy atom. The molecule has 1 saturated carbocycles. The number of nitrogens with one attached hydrogen (secondary N) is 1. The molecule has 1 N–H and O–H groups in total. The van der Waals surface area contributed by atoms with Gasteiger partial charge in [-0.25, -0.2) is 8.42 Å². The summed E-state index contributed by atoms with van der Waals surface area (Å²) in [6, 6.07) is 7.37. The molecule has 5 heteroatoms. The highest BCUT2D eigenvalue weighted by atomic mass is 127. The third-order valence-corrected chi connectivity index (χ3v) is 4.88. The van der Waals surface area contributed by atoms with Gasteiger partial charge in [-0.2, -0.15) is 0 Å². The van der Waals surface area contributed by atoms with Gasteiger partial charge in [0.15, 0.2) is 0 Å². The van der Waals surface area contributed by atoms with Crippen LogP contribution in [0.3, 0.4) is 0 Å². The van der Waals surface area contributed by atoms with Crippen molar-refractivity contribution >= 4 is 38.3 Å². The van der Waals surface area contributed by atoms with Crippen LogP contribution in [0.1, 0.15) is 12.8 Å². The summed E-state index contributed by atoms with van der Waals surface area (Å²) < 4.78 is 26.7. The SMILES string of the molecule is O=S(=O)(Nc1ccccc1I)C1CC1. The largest absolute Gasteiger partial charge is 0.282 e. The van der Waals surface area contributed by atoms with Gasteiger partial charge in [0.2, 0.25) is 10.0 Å². The van der Waals surface area contributed by atoms with Crippen LogP contribution < -0.4 is 4.72 Å². The van der Waals surface area contributed by atoms with E-state index in [4.69, 9.17) is 0 Å². The van der Waals surface area contributed by atoms with Crippen molar-refractivity contribution in [3.8, 4) is 0 Å². The van der Waals surface area contributed by atoms with Gasteiger partial charge in [0.25, 0.3) is 0 Å². The van der Waals surface area contributed by atoms with Crippen LogP contribution in [0, 0.1) is 3.57 Å². The second-order valence-corrected chi connectivity index (χ2v) is 6.45. The minimum absolute atomic E-state index is 0.168. The number of sulfonamides is 1. The Labute approximate surface area is 97.1 Å². The van der Waals surface area contributed by atoms with Gasteiger partial charge in [-0.1, -0.05) is 12.1 Å². The second-order valence-electron chi connectivity index (χ2n) is 3.33. The third-order valence-electron chi connectivity index (χ3n) is 2.09. The average molecular weight is 323 g/mol. The van der Waals surface area contributed by atoms with Crippen LogP contribution in [0.25, 0.3) is 0 Å². The quantitative estimate of drug-likeness (QED) is 0.867. The highest BCUT2D eigenvalue weighted by Crippen LogP contribution is 2.30. The first kappa shape index (κ1) is 10.2. The molecule has 1 aromatic carbocycles. The van der Waals surface area contributed by atoms with Crippen molar-refractivity contribution in [2.24, 2.45) is 0 Å². The van der Waals surface area contributed by atoms with Crippen LogP contribution in [0.4, 0.5) is 5.69 Å². The molecule has 0 atom stereocenters. The first-order valence-corrected chi connectivity index (χ1v) is 6.98. The van der Waals surface area contributed by atoms with Crippen LogP contribution in [0.2, 0.25) is 0 Å². The first-order chi connectivity index (χ1) is 6.59. The molecular weight excluding hydrogens is 313 g/mol. The lowest BCUT2D eigenvalue weighted by Gasteiger charge is -2.07. The number of benzene rings is 1. The molecule has 1 aliphatic carbocycles. The summed E-state index contributed by atoms with van der Waals surface area (Å²) in [4.78, 5) is 0. The third kappa shape index (κ3) is 2.20. The van der Waals surface area contributed by atoms with Gasteiger partial charge in [0.1, 0.15) is 0 Å². The summed E-state index contributed by atoms with van der Waals surface area (Å²) in [6.45, 7) is 0. The maximum atomic E-state index is 11.6. The van der Waals surface area contributed by atoms with Gasteiger partial charge in [0.05, 0.1) is 10.9 Å². The van der Waals surface area contributed by atoms with Crippen molar-refractivity contribution in [1.82, 2.24) is 0 Å². The first-order valence-electron chi connectivity index (χ1n) is 4.36. The number of hydrogen-bond acceptors (Lipinski definition) is 2. The van der Waals surface area contributed by atoms with Gasteiger partial charge in [-0.3, -0.25) is 4.72 Å². The van der Waals surface area contributed by atoms with E-state index in [1.54, 1.807) is 6.07 Å². The molecule has 0 amide bonds. The number of halogens is 1. The monoisotopic (exact) mass is 323 g/mol. The van der Waals surface area contributed by atoms with Gasteiger partial charge in [0, 0.05) is 3.57 Å². The van der Waals surface area contributed by atoms with E-state index in [0.29, 0.717) is 5.69 Å². The average Bonchev–Trinajstić information content (AvgIpc) is 2.91. The van der Waals surface area contributed by atoms with E-state index in [1.807, 2.05) is 18.2 Å². The second kappa shape index (κ2) is 3.69. The fraction of sp³-hybridized carbons (Fsp3) is 0.333. The molecule has 0 aliphatic heterocycles. The zero-order valence-corrected chi connectivity index (χ0v) is 10.4. The standard InChI is InChI=1S/C9H10INO2S/c10-8-3-1-2-4-9(8)11-14(12,13)7-5-6-7/h1-4,7,11H,5-6H2. The molecular formula is C9H10INO2S. The molecule has 0 saturated heterocycles. The van der Waals surface area contributed by atoms with E-state index in [2.05, 4.69) is 27.3 Å². The van der Waals surface area contributed by atoms with Crippen molar-refractivity contribution in [3.05, 3.63) is 27.8 Å². The van der Waals surface area contributed by atoms with Gasteiger partial charge in [-0.05, 0) is 47.6 Å². The Bertz CT molecular complexity index is 440. The van der Waals surface area contributed by atoms with E-state index in [0.717, 1.165) is 16.4 Å². The molecule has 3 nitrogen and oxygen atoms in total. The Morgan fingerprint density at radius 2 is 1.93 bits per heavy atom. The number of hydrogen-bond donors (Lipinski definition) is 1. The maximum Gasteiger partial charge on any atom is 0.235 e. The minimum Gasteiger partial charge on any atom is -0.282 e. The molecule has 1 aromatic rings. The molecule has 14 heavy (non-hydrogen) atoms. The van der Waals surface area contributed by atoms with Gasteiger partial charge in [-0.15, -0.1) is 0 Å². The van der Waals surface area contributed by atoms with Crippen molar-refractivity contribution in [2.75, 3.05) is 4.72 Å². The van der Waals surface area contributed by atoms with Crippen molar-refractivity contribution in [2.45, 2.75) is 18.1 Å². The highest BCUT2D eigenvalue weighted by molar-refractivity contribution is 14.1. The molecule has 0 radical (unpaired) electrons. The molecule has 0 aromatic heterocycles. The summed E-state index contributed by atoms with van der Waals surface area (Å²) in [6.07, 6.45) is 1.58. The van der Waals surface area contributed by atoms with Gasteiger partial charge < -0.3 is 0 Å².